The Morgan fingerprint density at radius 1 is 1.06 bits per heavy atom. The summed E-state index contributed by atoms with van der Waals surface area (Å²) in [5, 5.41) is 14.8. The van der Waals surface area contributed by atoms with Crippen molar-refractivity contribution in [3.63, 3.8) is 0 Å². The zero-order valence-corrected chi connectivity index (χ0v) is 19.4. The van der Waals surface area contributed by atoms with Crippen LogP contribution in [0.15, 0.2) is 72.8 Å². The van der Waals surface area contributed by atoms with Gasteiger partial charge in [-0.05, 0) is 55.3 Å². The molecule has 1 N–H and O–H groups in total. The lowest BCUT2D eigenvalue weighted by Crippen LogP contribution is -2.52. The zero-order chi connectivity index (χ0) is 24.3. The Kier molecular flexibility index (Phi) is 5.02. The molecule has 3 aromatic rings. The molecule has 1 spiro atoms. The van der Waals surface area contributed by atoms with Gasteiger partial charge in [0.2, 0.25) is 5.91 Å². The lowest BCUT2D eigenvalue weighted by molar-refractivity contribution is -0.384. The average Bonchev–Trinajstić information content (AvgIpc) is 3.52. The summed E-state index contributed by atoms with van der Waals surface area (Å²) in [6.45, 7) is 0.695. The van der Waals surface area contributed by atoms with E-state index in [1.54, 1.807) is 36.4 Å². The number of nitro benzene ring substituents is 1. The summed E-state index contributed by atoms with van der Waals surface area (Å²) in [6.07, 6.45) is 1.75. The molecule has 0 aromatic heterocycles. The molecule has 3 aromatic carbocycles. The first kappa shape index (κ1) is 21.9. The van der Waals surface area contributed by atoms with Crippen molar-refractivity contribution in [3.05, 3.63) is 105 Å². The SMILES string of the molecule is O=C(c1ccc(Cl)cc1)C1C(c2ccc([N+](=O)[O-])cc2)C2CCCN2[C@@]12C(=O)Nc1ccccc12. The number of amides is 1. The first-order chi connectivity index (χ1) is 16.9. The van der Waals surface area contributed by atoms with Crippen molar-refractivity contribution in [1.29, 1.82) is 0 Å². The van der Waals surface area contributed by atoms with Gasteiger partial charge < -0.3 is 5.32 Å². The predicted octanol–water partition coefficient (Wildman–Crippen LogP) is 5.16. The minimum atomic E-state index is -1.15. The van der Waals surface area contributed by atoms with Crippen LogP contribution in [0, 0.1) is 16.0 Å². The number of halogens is 1. The number of benzene rings is 3. The van der Waals surface area contributed by atoms with Crippen LogP contribution in [0.2, 0.25) is 5.02 Å². The number of non-ortho nitro benzene ring substituents is 1. The second-order valence-corrected chi connectivity index (χ2v) is 9.83. The van der Waals surface area contributed by atoms with Crippen LogP contribution in [0.3, 0.4) is 0 Å². The van der Waals surface area contributed by atoms with Crippen molar-refractivity contribution >= 4 is 34.7 Å². The average molecular weight is 488 g/mol. The van der Waals surface area contributed by atoms with Gasteiger partial charge in [-0.3, -0.25) is 24.6 Å². The molecule has 2 saturated heterocycles. The normalized spacial score (nSPS) is 27.0. The maximum Gasteiger partial charge on any atom is 0.269 e. The molecule has 35 heavy (non-hydrogen) atoms. The number of rotatable bonds is 4. The molecule has 8 heteroatoms. The molecule has 0 saturated carbocycles. The van der Waals surface area contributed by atoms with Gasteiger partial charge in [-0.15, -0.1) is 0 Å². The topological polar surface area (TPSA) is 92.5 Å². The van der Waals surface area contributed by atoms with Crippen molar-refractivity contribution in [1.82, 2.24) is 4.90 Å². The molecule has 1 amide bonds. The summed E-state index contributed by atoms with van der Waals surface area (Å²) < 4.78 is 0. The first-order valence-corrected chi connectivity index (χ1v) is 12.0. The van der Waals surface area contributed by atoms with E-state index < -0.39 is 16.4 Å². The van der Waals surface area contributed by atoms with E-state index in [1.807, 2.05) is 24.3 Å². The highest BCUT2D eigenvalue weighted by molar-refractivity contribution is 6.30. The lowest BCUT2D eigenvalue weighted by atomic mass is 9.69. The smallest absolute Gasteiger partial charge is 0.269 e. The molecule has 2 fully saturated rings. The van der Waals surface area contributed by atoms with E-state index in [1.165, 1.54) is 12.1 Å². The Morgan fingerprint density at radius 2 is 1.77 bits per heavy atom. The van der Waals surface area contributed by atoms with Crippen LogP contribution in [0.1, 0.15) is 40.2 Å². The van der Waals surface area contributed by atoms with Gasteiger partial charge in [0.05, 0.1) is 10.8 Å². The summed E-state index contributed by atoms with van der Waals surface area (Å²) in [5.41, 5.74) is 1.70. The molecule has 3 aliphatic rings. The Bertz CT molecular complexity index is 1360. The van der Waals surface area contributed by atoms with E-state index in [4.69, 9.17) is 11.6 Å². The van der Waals surface area contributed by atoms with Crippen LogP contribution < -0.4 is 5.32 Å². The molecule has 3 unspecified atom stereocenters. The number of Topliss-reactive ketones (excluding diaryl/α,β-unsaturated/α-hetero) is 1. The molecule has 0 bridgehead atoms. The van der Waals surface area contributed by atoms with E-state index in [-0.39, 0.29) is 29.3 Å². The number of nitro groups is 1. The van der Waals surface area contributed by atoms with Gasteiger partial charge in [-0.1, -0.05) is 41.9 Å². The van der Waals surface area contributed by atoms with Crippen molar-refractivity contribution in [2.24, 2.45) is 5.92 Å². The van der Waals surface area contributed by atoms with E-state index in [9.17, 15) is 19.7 Å². The summed E-state index contributed by atoms with van der Waals surface area (Å²) >= 11 is 6.09. The predicted molar refractivity (Wildman–Crippen MR) is 132 cm³/mol. The van der Waals surface area contributed by atoms with Gasteiger partial charge in [0, 0.05) is 45.9 Å². The summed E-state index contributed by atoms with van der Waals surface area (Å²) in [4.78, 5) is 41.3. The molecule has 0 aliphatic carbocycles. The van der Waals surface area contributed by atoms with Gasteiger partial charge >= 0.3 is 0 Å². The van der Waals surface area contributed by atoms with Gasteiger partial charge in [0.15, 0.2) is 5.78 Å². The largest absolute Gasteiger partial charge is 0.324 e. The third-order valence-electron chi connectivity index (χ3n) is 7.81. The molecular formula is C27H22ClN3O4. The number of nitrogens with zero attached hydrogens (tertiary/aromatic N) is 2. The second kappa shape index (κ2) is 8.00. The Hall–Kier alpha value is -3.55. The minimum Gasteiger partial charge on any atom is -0.324 e. The number of fused-ring (bicyclic) bond motifs is 4. The minimum absolute atomic E-state index is 0.00530. The summed E-state index contributed by atoms with van der Waals surface area (Å²) in [6, 6.07) is 20.7. The summed E-state index contributed by atoms with van der Waals surface area (Å²) in [7, 11) is 0. The number of hydrogen-bond donors (Lipinski definition) is 1. The van der Waals surface area contributed by atoms with Crippen LogP contribution in [-0.2, 0) is 10.3 Å². The highest BCUT2D eigenvalue weighted by Crippen LogP contribution is 2.61. The van der Waals surface area contributed by atoms with Gasteiger partial charge in [0.25, 0.3) is 5.69 Å². The molecule has 0 radical (unpaired) electrons. The van der Waals surface area contributed by atoms with Gasteiger partial charge in [-0.2, -0.15) is 0 Å². The van der Waals surface area contributed by atoms with Gasteiger partial charge in [-0.25, -0.2) is 0 Å². The fraction of sp³-hybridized carbons (Fsp3) is 0.259. The maximum absolute atomic E-state index is 14.3. The number of anilines is 1. The number of carbonyl (C=O) groups is 2. The van der Waals surface area contributed by atoms with E-state index in [0.717, 1.165) is 29.7 Å². The highest BCUT2D eigenvalue weighted by Gasteiger charge is 2.69. The highest BCUT2D eigenvalue weighted by atomic mass is 35.5. The second-order valence-electron chi connectivity index (χ2n) is 9.39. The van der Waals surface area contributed by atoms with Crippen LogP contribution in [0.4, 0.5) is 11.4 Å². The van der Waals surface area contributed by atoms with Crippen molar-refractivity contribution < 1.29 is 14.5 Å². The molecule has 3 heterocycles. The third kappa shape index (κ3) is 3.08. The number of ketones is 1. The third-order valence-corrected chi connectivity index (χ3v) is 8.06. The fourth-order valence-corrected chi connectivity index (χ4v) is 6.63. The molecular weight excluding hydrogens is 466 g/mol. The number of carbonyl (C=O) groups excluding carboxylic acids is 2. The molecule has 176 valence electrons. The molecule has 6 rings (SSSR count). The van der Waals surface area contributed by atoms with Crippen LogP contribution in [0.5, 0.6) is 0 Å². The molecule has 7 nitrogen and oxygen atoms in total. The quantitative estimate of drug-likeness (QED) is 0.312. The standard InChI is InChI=1S/C27H22ClN3O4/c28-18-11-7-17(8-12-18)25(32)24-23(16-9-13-19(14-10-16)31(34)35)22-6-3-15-30(22)27(24)20-4-1-2-5-21(20)29-26(27)33/h1-2,4-5,7-14,22-24H,3,6,15H2,(H,29,33)/t22?,23?,24?,27-/m1/s1. The van der Waals surface area contributed by atoms with Gasteiger partial charge in [0.1, 0.15) is 5.54 Å². The van der Waals surface area contributed by atoms with E-state index in [0.29, 0.717) is 17.1 Å². The number of para-hydroxylation sites is 1. The zero-order valence-electron chi connectivity index (χ0n) is 18.7. The Balaban J connectivity index is 1.58. The van der Waals surface area contributed by atoms with Crippen molar-refractivity contribution in [3.8, 4) is 0 Å². The van der Waals surface area contributed by atoms with Crippen LogP contribution in [-0.4, -0.2) is 34.1 Å². The van der Waals surface area contributed by atoms with E-state index >= 15 is 0 Å². The lowest BCUT2D eigenvalue weighted by Gasteiger charge is -2.36. The first-order valence-electron chi connectivity index (χ1n) is 11.6. The molecule has 4 atom stereocenters. The van der Waals surface area contributed by atoms with E-state index in [2.05, 4.69) is 10.2 Å². The van der Waals surface area contributed by atoms with Crippen LogP contribution in [0.25, 0.3) is 0 Å². The number of nitrogens with one attached hydrogen (secondary N) is 1. The Labute approximate surface area is 206 Å². The van der Waals surface area contributed by atoms with Crippen molar-refractivity contribution in [2.75, 3.05) is 11.9 Å². The summed E-state index contributed by atoms with van der Waals surface area (Å²) in [5.74, 6) is -1.34. The fourth-order valence-electron chi connectivity index (χ4n) is 6.50. The Morgan fingerprint density at radius 3 is 2.49 bits per heavy atom. The number of hydrogen-bond acceptors (Lipinski definition) is 5. The van der Waals surface area contributed by atoms with Crippen LogP contribution >= 0.6 is 11.6 Å². The molecule has 3 aliphatic heterocycles. The van der Waals surface area contributed by atoms with Crippen molar-refractivity contribution in [2.45, 2.75) is 30.3 Å². The monoisotopic (exact) mass is 487 g/mol. The maximum atomic E-state index is 14.3.